The van der Waals surface area contributed by atoms with Crippen molar-refractivity contribution in [2.24, 2.45) is 0 Å². The highest BCUT2D eigenvalue weighted by Gasteiger charge is 2.41. The van der Waals surface area contributed by atoms with Gasteiger partial charge in [0, 0.05) is 18.1 Å². The van der Waals surface area contributed by atoms with Crippen molar-refractivity contribution >= 4 is 5.97 Å². The first-order valence-corrected chi connectivity index (χ1v) is 8.23. The second-order valence-electron chi connectivity index (χ2n) is 6.88. The van der Waals surface area contributed by atoms with Crippen LogP contribution in [0.3, 0.4) is 0 Å². The van der Waals surface area contributed by atoms with Crippen molar-refractivity contribution in [1.29, 1.82) is 0 Å². The molecule has 0 aliphatic heterocycles. The minimum atomic E-state index is -0.785. The highest BCUT2D eigenvalue weighted by molar-refractivity contribution is 5.78. The van der Waals surface area contributed by atoms with E-state index in [1.807, 2.05) is 6.92 Å². The monoisotopic (exact) mass is 282 g/mol. The second kappa shape index (κ2) is 6.44. The largest absolute Gasteiger partial charge is 0.480 e. The lowest BCUT2D eigenvalue weighted by Gasteiger charge is -2.38. The molecule has 2 N–H and O–H groups in total. The summed E-state index contributed by atoms with van der Waals surface area (Å²) in [5, 5.41) is 12.9. The molecule has 0 heterocycles. The molecule has 0 amide bonds. The van der Waals surface area contributed by atoms with E-state index in [0.717, 1.165) is 19.4 Å². The van der Waals surface area contributed by atoms with E-state index < -0.39 is 11.5 Å². The standard InChI is InChI=1S/C16H30N2O2/c1-4-18(14-7-5-6-8-14)12(2)11-16(3,15(19)20)17-13-9-10-13/h12-14,17H,4-11H2,1-3H3,(H,19,20). The summed E-state index contributed by atoms with van der Waals surface area (Å²) in [7, 11) is 0. The number of carboxylic acids is 1. The predicted molar refractivity (Wildman–Crippen MR) is 80.9 cm³/mol. The molecule has 0 bridgehead atoms. The molecule has 0 spiro atoms. The highest BCUT2D eigenvalue weighted by atomic mass is 16.4. The van der Waals surface area contributed by atoms with Crippen molar-refractivity contribution in [3.8, 4) is 0 Å². The molecule has 0 radical (unpaired) electrons. The van der Waals surface area contributed by atoms with Crippen LogP contribution < -0.4 is 5.32 Å². The van der Waals surface area contributed by atoms with Gasteiger partial charge in [0.05, 0.1) is 0 Å². The van der Waals surface area contributed by atoms with Crippen LogP contribution in [0.25, 0.3) is 0 Å². The van der Waals surface area contributed by atoms with E-state index in [0.29, 0.717) is 24.5 Å². The number of carbonyl (C=O) groups is 1. The molecular formula is C16H30N2O2. The van der Waals surface area contributed by atoms with E-state index in [4.69, 9.17) is 0 Å². The lowest BCUT2D eigenvalue weighted by molar-refractivity contribution is -0.145. The number of carboxylic acid groups (broad SMARTS) is 1. The van der Waals surface area contributed by atoms with E-state index in [2.05, 4.69) is 24.1 Å². The van der Waals surface area contributed by atoms with Crippen LogP contribution >= 0.6 is 0 Å². The third kappa shape index (κ3) is 3.73. The maximum absolute atomic E-state index is 11.7. The van der Waals surface area contributed by atoms with Gasteiger partial charge in [0.25, 0.3) is 0 Å². The Labute approximate surface area is 122 Å². The Morgan fingerprint density at radius 3 is 2.40 bits per heavy atom. The van der Waals surface area contributed by atoms with Crippen LogP contribution in [0, 0.1) is 0 Å². The Kier molecular flexibility index (Phi) is 5.08. The van der Waals surface area contributed by atoms with Crippen molar-refractivity contribution < 1.29 is 9.90 Å². The van der Waals surface area contributed by atoms with Crippen LogP contribution in [0.15, 0.2) is 0 Å². The summed E-state index contributed by atoms with van der Waals surface area (Å²) in [5.41, 5.74) is -0.785. The molecule has 2 aliphatic carbocycles. The van der Waals surface area contributed by atoms with Crippen molar-refractivity contribution in [2.45, 2.75) is 89.4 Å². The van der Waals surface area contributed by atoms with Crippen LogP contribution in [-0.2, 0) is 4.79 Å². The molecule has 2 aliphatic rings. The van der Waals surface area contributed by atoms with Gasteiger partial charge in [-0.05, 0) is 52.5 Å². The Morgan fingerprint density at radius 1 is 1.35 bits per heavy atom. The predicted octanol–water partition coefficient (Wildman–Crippen LogP) is 2.62. The molecule has 0 aromatic rings. The summed E-state index contributed by atoms with van der Waals surface area (Å²) in [4.78, 5) is 14.2. The van der Waals surface area contributed by atoms with Crippen LogP contribution in [0.4, 0.5) is 0 Å². The summed E-state index contributed by atoms with van der Waals surface area (Å²) >= 11 is 0. The Morgan fingerprint density at radius 2 is 1.95 bits per heavy atom. The number of hydrogen-bond acceptors (Lipinski definition) is 3. The van der Waals surface area contributed by atoms with Gasteiger partial charge in [-0.2, -0.15) is 0 Å². The fraction of sp³-hybridized carbons (Fsp3) is 0.938. The first-order chi connectivity index (χ1) is 9.46. The molecule has 2 atom stereocenters. The van der Waals surface area contributed by atoms with Crippen molar-refractivity contribution in [3.63, 3.8) is 0 Å². The molecule has 4 heteroatoms. The van der Waals surface area contributed by atoms with Gasteiger partial charge in [-0.15, -0.1) is 0 Å². The van der Waals surface area contributed by atoms with E-state index in [9.17, 15) is 9.90 Å². The quantitative estimate of drug-likeness (QED) is 0.718. The van der Waals surface area contributed by atoms with Gasteiger partial charge in [0.15, 0.2) is 0 Å². The molecule has 2 fully saturated rings. The smallest absolute Gasteiger partial charge is 0.323 e. The molecule has 0 aromatic heterocycles. The normalized spacial score (nSPS) is 24.8. The highest BCUT2D eigenvalue weighted by Crippen LogP contribution is 2.29. The fourth-order valence-electron chi connectivity index (χ4n) is 3.76. The average Bonchev–Trinajstić information content (AvgIpc) is 3.02. The summed E-state index contributed by atoms with van der Waals surface area (Å²) in [6.07, 6.45) is 8.13. The number of rotatable bonds is 8. The summed E-state index contributed by atoms with van der Waals surface area (Å²) in [6.45, 7) is 7.26. The second-order valence-corrected chi connectivity index (χ2v) is 6.88. The number of nitrogens with one attached hydrogen (secondary N) is 1. The Hall–Kier alpha value is -0.610. The van der Waals surface area contributed by atoms with E-state index >= 15 is 0 Å². The van der Waals surface area contributed by atoms with Crippen LogP contribution in [0.1, 0.15) is 65.7 Å². The van der Waals surface area contributed by atoms with Gasteiger partial charge in [0.1, 0.15) is 5.54 Å². The zero-order valence-corrected chi connectivity index (χ0v) is 13.2. The maximum atomic E-state index is 11.7. The number of hydrogen-bond donors (Lipinski definition) is 2. The minimum absolute atomic E-state index is 0.315. The number of nitrogens with zero attached hydrogens (tertiary/aromatic N) is 1. The summed E-state index contributed by atoms with van der Waals surface area (Å²) < 4.78 is 0. The average molecular weight is 282 g/mol. The van der Waals surface area contributed by atoms with Crippen LogP contribution in [0.2, 0.25) is 0 Å². The van der Waals surface area contributed by atoms with Gasteiger partial charge in [-0.1, -0.05) is 19.8 Å². The SMILES string of the molecule is CCN(C(C)CC(C)(NC1CC1)C(=O)O)C1CCCC1. The van der Waals surface area contributed by atoms with Crippen LogP contribution in [-0.4, -0.2) is 46.2 Å². The van der Waals surface area contributed by atoms with Gasteiger partial charge in [-0.3, -0.25) is 15.0 Å². The van der Waals surface area contributed by atoms with E-state index in [1.54, 1.807) is 0 Å². The molecule has 0 aromatic carbocycles. The van der Waals surface area contributed by atoms with Crippen molar-refractivity contribution in [2.75, 3.05) is 6.54 Å². The molecule has 0 saturated heterocycles. The van der Waals surface area contributed by atoms with Crippen molar-refractivity contribution in [1.82, 2.24) is 10.2 Å². The van der Waals surface area contributed by atoms with E-state index in [-0.39, 0.29) is 0 Å². The van der Waals surface area contributed by atoms with E-state index in [1.165, 1.54) is 25.7 Å². The molecular weight excluding hydrogens is 252 g/mol. The molecule has 2 unspecified atom stereocenters. The van der Waals surface area contributed by atoms with Crippen LogP contribution in [0.5, 0.6) is 0 Å². The maximum Gasteiger partial charge on any atom is 0.323 e. The lowest BCUT2D eigenvalue weighted by atomic mass is 9.92. The van der Waals surface area contributed by atoms with Gasteiger partial charge >= 0.3 is 5.97 Å². The molecule has 4 nitrogen and oxygen atoms in total. The zero-order valence-electron chi connectivity index (χ0n) is 13.2. The third-order valence-corrected chi connectivity index (χ3v) is 5.00. The first kappa shape index (κ1) is 15.8. The van der Waals surface area contributed by atoms with Gasteiger partial charge in [-0.25, -0.2) is 0 Å². The fourth-order valence-corrected chi connectivity index (χ4v) is 3.76. The minimum Gasteiger partial charge on any atom is -0.480 e. The summed E-state index contributed by atoms with van der Waals surface area (Å²) in [5.74, 6) is -0.710. The van der Waals surface area contributed by atoms with Crippen molar-refractivity contribution in [3.05, 3.63) is 0 Å². The Bertz CT molecular complexity index is 337. The Balaban J connectivity index is 1.98. The summed E-state index contributed by atoms with van der Waals surface area (Å²) in [6, 6.07) is 1.40. The zero-order chi connectivity index (χ0) is 14.8. The number of aliphatic carboxylic acids is 1. The topological polar surface area (TPSA) is 52.6 Å². The molecule has 2 rings (SSSR count). The lowest BCUT2D eigenvalue weighted by Crippen LogP contribution is -2.55. The molecule has 20 heavy (non-hydrogen) atoms. The molecule has 116 valence electrons. The van der Waals surface area contributed by atoms with Gasteiger partial charge in [0.2, 0.25) is 0 Å². The first-order valence-electron chi connectivity index (χ1n) is 8.23. The third-order valence-electron chi connectivity index (χ3n) is 5.00. The molecule has 2 saturated carbocycles. The van der Waals surface area contributed by atoms with Gasteiger partial charge < -0.3 is 5.11 Å².